The van der Waals surface area contributed by atoms with E-state index in [4.69, 9.17) is 21.8 Å². The lowest BCUT2D eigenvalue weighted by Gasteiger charge is -2.01. The van der Waals surface area contributed by atoms with Crippen LogP contribution in [0.15, 0.2) is 23.1 Å². The van der Waals surface area contributed by atoms with Crippen LogP contribution in [-0.4, -0.2) is 19.5 Å². The molecule has 0 aliphatic rings. The Hall–Kier alpha value is -1.11. The Balaban J connectivity index is 3.35. The molecule has 7 heteroatoms. The van der Waals surface area contributed by atoms with Crippen LogP contribution in [0.5, 0.6) is 0 Å². The third kappa shape index (κ3) is 2.22. The molecule has 0 spiro atoms. The highest BCUT2D eigenvalue weighted by atomic mass is 35.5. The molecule has 1 aromatic rings. The van der Waals surface area contributed by atoms with Gasteiger partial charge in [-0.15, -0.1) is 0 Å². The summed E-state index contributed by atoms with van der Waals surface area (Å²) < 4.78 is 21.8. The second kappa shape index (κ2) is 3.56. The molecule has 0 amide bonds. The summed E-state index contributed by atoms with van der Waals surface area (Å²) in [4.78, 5) is 10.2. The molecule has 0 saturated heterocycles. The van der Waals surface area contributed by atoms with Crippen molar-refractivity contribution in [3.63, 3.8) is 0 Å². The van der Waals surface area contributed by atoms with Gasteiger partial charge in [0.2, 0.25) is 10.0 Å². The topological polar surface area (TPSA) is 97.5 Å². The van der Waals surface area contributed by atoms with E-state index in [0.717, 1.165) is 18.2 Å². The first-order chi connectivity index (χ1) is 6.32. The fourth-order valence-electron chi connectivity index (χ4n) is 0.865. The molecule has 76 valence electrons. The zero-order chi connectivity index (χ0) is 10.9. The van der Waals surface area contributed by atoms with Crippen molar-refractivity contribution in [2.24, 2.45) is 5.14 Å². The highest BCUT2D eigenvalue weighted by Crippen LogP contribution is 2.21. The van der Waals surface area contributed by atoms with Gasteiger partial charge in [-0.3, -0.25) is 0 Å². The summed E-state index contributed by atoms with van der Waals surface area (Å²) in [5, 5.41) is 13.2. The fourth-order valence-corrected chi connectivity index (χ4v) is 1.96. The van der Waals surface area contributed by atoms with Gasteiger partial charge in [0.25, 0.3) is 0 Å². The number of rotatable bonds is 2. The number of sulfonamides is 1. The van der Waals surface area contributed by atoms with Gasteiger partial charge in [0.05, 0.1) is 10.6 Å². The van der Waals surface area contributed by atoms with E-state index in [0.29, 0.717) is 0 Å². The Bertz CT molecular complexity index is 482. The predicted molar refractivity (Wildman–Crippen MR) is 49.8 cm³/mol. The van der Waals surface area contributed by atoms with E-state index in [2.05, 4.69) is 0 Å². The number of benzene rings is 1. The number of carboxylic acid groups (broad SMARTS) is 1. The minimum Gasteiger partial charge on any atom is -0.478 e. The molecule has 1 rings (SSSR count). The number of carboxylic acids is 1. The molecule has 0 fully saturated rings. The molecule has 0 saturated carbocycles. The monoisotopic (exact) mass is 235 g/mol. The van der Waals surface area contributed by atoms with Gasteiger partial charge in [0, 0.05) is 0 Å². The quantitative estimate of drug-likeness (QED) is 0.788. The van der Waals surface area contributed by atoms with Crippen LogP contribution in [0, 0.1) is 0 Å². The maximum absolute atomic E-state index is 10.9. The van der Waals surface area contributed by atoms with Crippen LogP contribution in [0.2, 0.25) is 5.02 Å². The second-order valence-corrected chi connectivity index (χ2v) is 4.43. The molecule has 0 unspecified atom stereocenters. The normalized spacial score (nSPS) is 11.3. The first-order valence-electron chi connectivity index (χ1n) is 3.38. The van der Waals surface area contributed by atoms with Crippen molar-refractivity contribution in [3.05, 3.63) is 28.8 Å². The van der Waals surface area contributed by atoms with Gasteiger partial charge in [-0.2, -0.15) is 0 Å². The summed E-state index contributed by atoms with van der Waals surface area (Å²) in [6.45, 7) is 0. The molecule has 0 aliphatic carbocycles. The second-order valence-electron chi connectivity index (χ2n) is 2.50. The van der Waals surface area contributed by atoms with Crippen molar-refractivity contribution in [2.75, 3.05) is 0 Å². The number of hydrogen-bond donors (Lipinski definition) is 2. The van der Waals surface area contributed by atoms with Crippen molar-refractivity contribution < 1.29 is 18.3 Å². The van der Waals surface area contributed by atoms with Gasteiger partial charge >= 0.3 is 5.97 Å². The lowest BCUT2D eigenvalue weighted by Crippen LogP contribution is -2.13. The Labute approximate surface area is 85.2 Å². The Morgan fingerprint density at radius 3 is 2.36 bits per heavy atom. The molecule has 0 aromatic heterocycles. The van der Waals surface area contributed by atoms with E-state index in [-0.39, 0.29) is 15.5 Å². The smallest absolute Gasteiger partial charge is 0.335 e. The first-order valence-corrected chi connectivity index (χ1v) is 5.30. The standard InChI is InChI=1S/C7H6ClNO4S/c8-5-3-4(7(10)11)1-2-6(5)14(9,12)13/h1-3H,(H,10,11)(H2,9,12,13). The van der Waals surface area contributed by atoms with Crippen LogP contribution in [0.25, 0.3) is 0 Å². The maximum atomic E-state index is 10.9. The Morgan fingerprint density at radius 2 is 2.00 bits per heavy atom. The SMILES string of the molecule is NS(=O)(=O)c1ccc(C(=O)O)cc1Cl. The molecule has 14 heavy (non-hydrogen) atoms. The molecule has 1 aromatic carbocycles. The maximum Gasteiger partial charge on any atom is 0.335 e. The summed E-state index contributed by atoms with van der Waals surface area (Å²) in [7, 11) is -3.90. The highest BCUT2D eigenvalue weighted by molar-refractivity contribution is 7.89. The summed E-state index contributed by atoms with van der Waals surface area (Å²) in [5.74, 6) is -1.19. The van der Waals surface area contributed by atoms with E-state index in [1.807, 2.05) is 0 Å². The molecule has 0 bridgehead atoms. The van der Waals surface area contributed by atoms with Crippen LogP contribution in [0.3, 0.4) is 0 Å². The molecule has 3 N–H and O–H groups in total. The number of carbonyl (C=O) groups is 1. The van der Waals surface area contributed by atoms with Crippen molar-refractivity contribution in [1.29, 1.82) is 0 Å². The lowest BCUT2D eigenvalue weighted by atomic mass is 10.2. The zero-order valence-corrected chi connectivity index (χ0v) is 8.34. The number of primary sulfonamides is 1. The summed E-state index contributed by atoms with van der Waals surface area (Å²) in [6, 6.07) is 3.21. The summed E-state index contributed by atoms with van der Waals surface area (Å²) in [6.07, 6.45) is 0. The van der Waals surface area contributed by atoms with Crippen LogP contribution in [-0.2, 0) is 10.0 Å². The fraction of sp³-hybridized carbons (Fsp3) is 0. The first kappa shape index (κ1) is 11.0. The van der Waals surface area contributed by atoms with Crippen molar-refractivity contribution in [3.8, 4) is 0 Å². The van der Waals surface area contributed by atoms with Crippen molar-refractivity contribution >= 4 is 27.6 Å². The predicted octanol–water partition coefficient (Wildman–Crippen LogP) is 0.686. The minimum absolute atomic E-state index is 0.0950. The van der Waals surface area contributed by atoms with Crippen LogP contribution < -0.4 is 5.14 Å². The van der Waals surface area contributed by atoms with Gasteiger partial charge in [-0.25, -0.2) is 18.4 Å². The highest BCUT2D eigenvalue weighted by Gasteiger charge is 2.14. The number of aromatic carboxylic acids is 1. The number of nitrogens with two attached hydrogens (primary N) is 1. The molecule has 0 aliphatic heterocycles. The molecule has 5 nitrogen and oxygen atoms in total. The van der Waals surface area contributed by atoms with Crippen LogP contribution in [0.4, 0.5) is 0 Å². The molecule has 0 radical (unpaired) electrons. The van der Waals surface area contributed by atoms with Gasteiger partial charge in [-0.1, -0.05) is 11.6 Å². The van der Waals surface area contributed by atoms with E-state index in [1.54, 1.807) is 0 Å². The van der Waals surface area contributed by atoms with E-state index in [1.165, 1.54) is 0 Å². The largest absolute Gasteiger partial charge is 0.478 e. The molecular weight excluding hydrogens is 230 g/mol. The van der Waals surface area contributed by atoms with Gasteiger partial charge < -0.3 is 5.11 Å². The Morgan fingerprint density at radius 1 is 1.43 bits per heavy atom. The minimum atomic E-state index is -3.90. The zero-order valence-electron chi connectivity index (χ0n) is 6.77. The third-order valence-corrected chi connectivity index (χ3v) is 2.88. The van der Waals surface area contributed by atoms with Crippen molar-refractivity contribution in [1.82, 2.24) is 0 Å². The summed E-state index contributed by atoms with van der Waals surface area (Å²) in [5.41, 5.74) is -0.0950. The van der Waals surface area contributed by atoms with E-state index in [9.17, 15) is 13.2 Å². The number of hydrogen-bond acceptors (Lipinski definition) is 3. The average Bonchev–Trinajstić information content (AvgIpc) is 2.01. The van der Waals surface area contributed by atoms with E-state index < -0.39 is 16.0 Å². The summed E-state index contributed by atoms with van der Waals surface area (Å²) >= 11 is 5.54. The van der Waals surface area contributed by atoms with E-state index >= 15 is 0 Å². The van der Waals surface area contributed by atoms with Gasteiger partial charge in [0.1, 0.15) is 4.90 Å². The van der Waals surface area contributed by atoms with Gasteiger partial charge in [-0.05, 0) is 18.2 Å². The van der Waals surface area contributed by atoms with Gasteiger partial charge in [0.15, 0.2) is 0 Å². The lowest BCUT2D eigenvalue weighted by molar-refractivity contribution is 0.0697. The third-order valence-electron chi connectivity index (χ3n) is 1.49. The van der Waals surface area contributed by atoms with Crippen LogP contribution in [0.1, 0.15) is 10.4 Å². The number of halogens is 1. The molecule has 0 heterocycles. The van der Waals surface area contributed by atoms with Crippen molar-refractivity contribution in [2.45, 2.75) is 4.90 Å². The molecule has 0 atom stereocenters. The average molecular weight is 236 g/mol. The van der Waals surface area contributed by atoms with Crippen LogP contribution >= 0.6 is 11.6 Å². The Kier molecular flexibility index (Phi) is 2.79. The molecular formula is C7H6ClNO4S.